The van der Waals surface area contributed by atoms with Crippen LogP contribution >= 0.6 is 22.9 Å². The Bertz CT molecular complexity index is 1150. The topological polar surface area (TPSA) is 46.9 Å². The van der Waals surface area contributed by atoms with Crippen molar-refractivity contribution in [1.29, 1.82) is 0 Å². The minimum atomic E-state index is -0.143. The van der Waals surface area contributed by atoms with Gasteiger partial charge in [0.1, 0.15) is 0 Å². The van der Waals surface area contributed by atoms with Gasteiger partial charge in [-0.05, 0) is 55.8 Å². The van der Waals surface area contributed by atoms with E-state index in [0.717, 1.165) is 39.5 Å². The minimum absolute atomic E-state index is 0.143. The van der Waals surface area contributed by atoms with Crippen LogP contribution in [-0.2, 0) is 6.54 Å². The molecule has 6 heteroatoms. The van der Waals surface area contributed by atoms with Crippen LogP contribution in [0.15, 0.2) is 54.6 Å². The average Bonchev–Trinajstić information content (AvgIpc) is 3.29. The molecule has 0 aliphatic heterocycles. The van der Waals surface area contributed by atoms with E-state index in [1.165, 1.54) is 11.3 Å². The van der Waals surface area contributed by atoms with Gasteiger partial charge in [0.2, 0.25) is 0 Å². The summed E-state index contributed by atoms with van der Waals surface area (Å²) in [7, 11) is 0. The van der Waals surface area contributed by atoms with Gasteiger partial charge in [0.15, 0.2) is 5.82 Å². The number of aromatic nitrogens is 2. The van der Waals surface area contributed by atoms with Gasteiger partial charge in [-0.15, -0.1) is 11.3 Å². The van der Waals surface area contributed by atoms with Crippen molar-refractivity contribution in [2.24, 2.45) is 0 Å². The van der Waals surface area contributed by atoms with Gasteiger partial charge in [0.05, 0.1) is 20.8 Å². The zero-order chi connectivity index (χ0) is 19.0. The van der Waals surface area contributed by atoms with Gasteiger partial charge in [0.25, 0.3) is 5.91 Å². The summed E-state index contributed by atoms with van der Waals surface area (Å²) >= 11 is 7.58. The molecule has 2 aromatic carbocycles. The summed E-state index contributed by atoms with van der Waals surface area (Å²) in [6.45, 7) is 4.80. The summed E-state index contributed by atoms with van der Waals surface area (Å²) in [6.07, 6.45) is 0. The lowest BCUT2D eigenvalue weighted by molar-refractivity contribution is 0.103. The molecule has 0 fully saturated rings. The van der Waals surface area contributed by atoms with Crippen LogP contribution in [0.5, 0.6) is 0 Å². The molecule has 2 aromatic heterocycles. The second-order valence-electron chi connectivity index (χ2n) is 6.20. The number of thiophene rings is 1. The van der Waals surface area contributed by atoms with Crippen molar-refractivity contribution in [3.8, 4) is 10.7 Å². The zero-order valence-corrected chi connectivity index (χ0v) is 16.6. The molecular formula is C21H18ClN3OS. The Morgan fingerprint density at radius 1 is 1.15 bits per heavy atom. The lowest BCUT2D eigenvalue weighted by atomic mass is 10.2. The molecule has 0 saturated carbocycles. The van der Waals surface area contributed by atoms with Crippen LogP contribution in [0.1, 0.15) is 22.2 Å². The Labute approximate surface area is 166 Å². The molecule has 4 aromatic rings. The van der Waals surface area contributed by atoms with Crippen LogP contribution in [0.25, 0.3) is 21.7 Å². The first kappa shape index (κ1) is 17.8. The van der Waals surface area contributed by atoms with Gasteiger partial charge in [-0.2, -0.15) is 0 Å². The number of anilines is 1. The number of benzene rings is 2. The molecule has 0 saturated heterocycles. The third-order valence-electron chi connectivity index (χ3n) is 4.54. The number of nitrogens with one attached hydrogen (secondary N) is 1. The van der Waals surface area contributed by atoms with E-state index in [9.17, 15) is 4.79 Å². The molecule has 0 atom stereocenters. The molecule has 0 aliphatic rings. The van der Waals surface area contributed by atoms with E-state index < -0.39 is 0 Å². The number of aryl methyl sites for hydroxylation is 1. The Kier molecular flexibility index (Phi) is 4.72. The SMILES string of the molecule is CCn1c(-c2ccc(C(=O)Nc3cccc(Cl)c3C)s2)nc2ccccc21. The summed E-state index contributed by atoms with van der Waals surface area (Å²) in [5.41, 5.74) is 3.65. The molecule has 136 valence electrons. The van der Waals surface area contributed by atoms with Crippen LogP contribution in [0.2, 0.25) is 5.02 Å². The maximum Gasteiger partial charge on any atom is 0.265 e. The molecule has 0 bridgehead atoms. The molecule has 0 radical (unpaired) electrons. The number of halogens is 1. The maximum absolute atomic E-state index is 12.7. The average molecular weight is 396 g/mol. The second-order valence-corrected chi connectivity index (χ2v) is 7.69. The number of rotatable bonds is 4. The number of fused-ring (bicyclic) bond motifs is 1. The van der Waals surface area contributed by atoms with E-state index in [2.05, 4.69) is 22.9 Å². The van der Waals surface area contributed by atoms with Gasteiger partial charge >= 0.3 is 0 Å². The second kappa shape index (κ2) is 7.18. The van der Waals surface area contributed by atoms with Crippen molar-refractivity contribution in [2.45, 2.75) is 20.4 Å². The fourth-order valence-corrected chi connectivity index (χ4v) is 4.17. The number of amides is 1. The Hall–Kier alpha value is -2.63. The van der Waals surface area contributed by atoms with Crippen LogP contribution < -0.4 is 5.32 Å². The zero-order valence-electron chi connectivity index (χ0n) is 15.0. The minimum Gasteiger partial charge on any atom is -0.324 e. The van der Waals surface area contributed by atoms with Gasteiger partial charge in [-0.3, -0.25) is 4.79 Å². The van der Waals surface area contributed by atoms with Crippen molar-refractivity contribution in [3.63, 3.8) is 0 Å². The lowest BCUT2D eigenvalue weighted by Gasteiger charge is -2.08. The van der Waals surface area contributed by atoms with Crippen molar-refractivity contribution >= 4 is 45.6 Å². The van der Waals surface area contributed by atoms with E-state index >= 15 is 0 Å². The fourth-order valence-electron chi connectivity index (χ4n) is 3.09. The van der Waals surface area contributed by atoms with E-state index in [0.29, 0.717) is 9.90 Å². The van der Waals surface area contributed by atoms with Crippen LogP contribution in [0.4, 0.5) is 5.69 Å². The fraction of sp³-hybridized carbons (Fsp3) is 0.143. The molecular weight excluding hydrogens is 378 g/mol. The number of hydrogen-bond donors (Lipinski definition) is 1. The van der Waals surface area contributed by atoms with E-state index in [-0.39, 0.29) is 5.91 Å². The van der Waals surface area contributed by atoms with Crippen LogP contribution in [0.3, 0.4) is 0 Å². The van der Waals surface area contributed by atoms with Gasteiger partial charge in [-0.1, -0.05) is 29.8 Å². The molecule has 4 rings (SSSR count). The first-order valence-electron chi connectivity index (χ1n) is 8.70. The van der Waals surface area contributed by atoms with Crippen molar-refractivity contribution in [2.75, 3.05) is 5.32 Å². The molecule has 2 heterocycles. The van der Waals surface area contributed by atoms with E-state index in [4.69, 9.17) is 16.6 Å². The van der Waals surface area contributed by atoms with Crippen LogP contribution in [-0.4, -0.2) is 15.5 Å². The Morgan fingerprint density at radius 2 is 1.96 bits per heavy atom. The van der Waals surface area contributed by atoms with Gasteiger partial charge in [0, 0.05) is 17.3 Å². The smallest absolute Gasteiger partial charge is 0.265 e. The highest BCUT2D eigenvalue weighted by Crippen LogP contribution is 2.31. The first-order valence-corrected chi connectivity index (χ1v) is 9.90. The largest absolute Gasteiger partial charge is 0.324 e. The van der Waals surface area contributed by atoms with Crippen LogP contribution in [0, 0.1) is 6.92 Å². The maximum atomic E-state index is 12.7. The molecule has 0 unspecified atom stereocenters. The highest BCUT2D eigenvalue weighted by Gasteiger charge is 2.16. The number of hydrogen-bond acceptors (Lipinski definition) is 3. The predicted molar refractivity (Wildman–Crippen MR) is 113 cm³/mol. The molecule has 27 heavy (non-hydrogen) atoms. The number of nitrogens with zero attached hydrogens (tertiary/aromatic N) is 2. The highest BCUT2D eigenvalue weighted by atomic mass is 35.5. The van der Waals surface area contributed by atoms with Gasteiger partial charge in [-0.25, -0.2) is 4.98 Å². The van der Waals surface area contributed by atoms with E-state index in [1.54, 1.807) is 0 Å². The molecule has 1 N–H and O–H groups in total. The highest BCUT2D eigenvalue weighted by molar-refractivity contribution is 7.17. The summed E-state index contributed by atoms with van der Waals surface area (Å²) in [6, 6.07) is 17.4. The summed E-state index contributed by atoms with van der Waals surface area (Å²) in [5, 5.41) is 3.58. The number of carbonyl (C=O) groups excluding carboxylic acids is 1. The number of carbonyl (C=O) groups is 1. The standard InChI is InChI=1S/C21H18ClN3OS/c1-3-25-17-10-5-4-8-16(17)23-20(25)18-11-12-19(27-18)21(26)24-15-9-6-7-14(22)13(15)2/h4-12H,3H2,1-2H3,(H,24,26). The summed E-state index contributed by atoms with van der Waals surface area (Å²) in [4.78, 5) is 19.0. The predicted octanol–water partition coefficient (Wildman–Crippen LogP) is 6.00. The molecule has 4 nitrogen and oxygen atoms in total. The molecule has 0 spiro atoms. The number of imidazole rings is 1. The third kappa shape index (κ3) is 3.24. The summed E-state index contributed by atoms with van der Waals surface area (Å²) < 4.78 is 2.17. The Morgan fingerprint density at radius 3 is 2.78 bits per heavy atom. The van der Waals surface area contributed by atoms with Gasteiger partial charge < -0.3 is 9.88 Å². The van der Waals surface area contributed by atoms with Crippen molar-refractivity contribution in [1.82, 2.24) is 9.55 Å². The molecule has 1 amide bonds. The number of para-hydroxylation sites is 2. The normalized spacial score (nSPS) is 11.1. The van der Waals surface area contributed by atoms with Crippen molar-refractivity contribution in [3.05, 3.63) is 70.1 Å². The van der Waals surface area contributed by atoms with Crippen molar-refractivity contribution < 1.29 is 4.79 Å². The van der Waals surface area contributed by atoms with E-state index in [1.807, 2.05) is 55.5 Å². The first-order chi connectivity index (χ1) is 13.1. The third-order valence-corrected chi connectivity index (χ3v) is 6.03. The Balaban J connectivity index is 1.66. The lowest BCUT2D eigenvalue weighted by Crippen LogP contribution is -2.11. The molecule has 0 aliphatic carbocycles. The monoisotopic (exact) mass is 395 g/mol. The summed E-state index contributed by atoms with van der Waals surface area (Å²) in [5.74, 6) is 0.748. The quantitative estimate of drug-likeness (QED) is 0.460.